The normalized spacial score (nSPS) is 19.4. The fraction of sp³-hybridized carbons (Fsp3) is 0.381. The number of pyridine rings is 1. The van der Waals surface area contributed by atoms with Gasteiger partial charge in [0.1, 0.15) is 11.6 Å². The summed E-state index contributed by atoms with van der Waals surface area (Å²) in [5.74, 6) is 1.75. The van der Waals surface area contributed by atoms with E-state index < -0.39 is 0 Å². The summed E-state index contributed by atoms with van der Waals surface area (Å²) < 4.78 is 2.28. The first kappa shape index (κ1) is 17.3. The Bertz CT molecular complexity index is 1020. The van der Waals surface area contributed by atoms with Crippen LogP contribution in [-0.4, -0.2) is 40.1 Å². The topological polar surface area (TPSA) is 83.9 Å². The minimum absolute atomic E-state index is 0.0181. The molecule has 3 N–H and O–H groups in total. The smallest absolute Gasteiger partial charge is 0.229 e. The number of rotatable bonds is 3. The van der Waals surface area contributed by atoms with Crippen LogP contribution in [0.2, 0.25) is 0 Å². The molecule has 0 aliphatic carbocycles. The van der Waals surface area contributed by atoms with Crippen molar-refractivity contribution in [3.8, 4) is 11.3 Å². The Balaban J connectivity index is 1.43. The number of fused-ring (bicyclic) bond motifs is 2. The van der Waals surface area contributed by atoms with Gasteiger partial charge in [-0.05, 0) is 36.9 Å². The van der Waals surface area contributed by atoms with Gasteiger partial charge in [-0.2, -0.15) is 0 Å². The fourth-order valence-electron chi connectivity index (χ4n) is 4.10. The lowest BCUT2D eigenvalue weighted by molar-refractivity contribution is -0.120. The van der Waals surface area contributed by atoms with Crippen molar-refractivity contribution in [1.29, 1.82) is 0 Å². The Morgan fingerprint density at radius 1 is 1.11 bits per heavy atom. The van der Waals surface area contributed by atoms with Crippen LogP contribution in [0, 0.1) is 5.92 Å². The third-order valence-corrected chi connectivity index (χ3v) is 5.67. The molecule has 7 heteroatoms. The van der Waals surface area contributed by atoms with Gasteiger partial charge in [0.15, 0.2) is 0 Å². The standard InChI is InChI=1S/C21H24N6O/c28-21(16-2-1-5-22-10-16)26-19-9-17-8-14(3-4-15(17)11-24-19)18-12-25-20-13-23-6-7-27(18)20/h3-4,8-9,11-12,16,22-23H,1-2,5-7,10,13H2,(H,24,26,28). The van der Waals surface area contributed by atoms with E-state index in [0.29, 0.717) is 5.82 Å². The molecule has 2 aromatic heterocycles. The van der Waals surface area contributed by atoms with Crippen molar-refractivity contribution in [1.82, 2.24) is 25.2 Å². The quantitative estimate of drug-likeness (QED) is 0.652. The number of hydrogen-bond acceptors (Lipinski definition) is 5. The van der Waals surface area contributed by atoms with Crippen LogP contribution < -0.4 is 16.0 Å². The summed E-state index contributed by atoms with van der Waals surface area (Å²) in [6.07, 6.45) is 5.74. The largest absolute Gasteiger partial charge is 0.326 e. The van der Waals surface area contributed by atoms with E-state index in [1.807, 2.05) is 18.5 Å². The second-order valence-electron chi connectivity index (χ2n) is 7.55. The van der Waals surface area contributed by atoms with Crippen LogP contribution in [0.25, 0.3) is 22.0 Å². The second kappa shape index (κ2) is 7.33. The highest BCUT2D eigenvalue weighted by molar-refractivity contribution is 5.95. The maximum Gasteiger partial charge on any atom is 0.229 e. The number of piperidine rings is 1. The zero-order valence-corrected chi connectivity index (χ0v) is 15.7. The molecule has 5 rings (SSSR count). The van der Waals surface area contributed by atoms with Gasteiger partial charge in [-0.3, -0.25) is 4.79 Å². The molecule has 0 radical (unpaired) electrons. The molecule has 0 spiro atoms. The van der Waals surface area contributed by atoms with E-state index in [4.69, 9.17) is 0 Å². The lowest BCUT2D eigenvalue weighted by Gasteiger charge is -2.21. The summed E-state index contributed by atoms with van der Waals surface area (Å²) in [6, 6.07) is 8.31. The van der Waals surface area contributed by atoms with Gasteiger partial charge in [0.05, 0.1) is 24.4 Å². The molecule has 1 atom stereocenters. The van der Waals surface area contributed by atoms with E-state index in [1.165, 1.54) is 0 Å². The minimum Gasteiger partial charge on any atom is -0.326 e. The number of benzene rings is 1. The number of imidazole rings is 1. The highest BCUT2D eigenvalue weighted by Crippen LogP contribution is 2.27. The van der Waals surface area contributed by atoms with Gasteiger partial charge in [-0.1, -0.05) is 12.1 Å². The molecule has 1 unspecified atom stereocenters. The van der Waals surface area contributed by atoms with Gasteiger partial charge in [0, 0.05) is 36.8 Å². The average molecular weight is 376 g/mol. The van der Waals surface area contributed by atoms with Crippen LogP contribution in [0.4, 0.5) is 5.82 Å². The molecule has 3 aromatic rings. The summed E-state index contributed by atoms with van der Waals surface area (Å²) in [7, 11) is 0. The van der Waals surface area contributed by atoms with Crippen molar-refractivity contribution >= 4 is 22.5 Å². The molecule has 1 saturated heterocycles. The molecule has 4 heterocycles. The molecule has 28 heavy (non-hydrogen) atoms. The molecule has 1 aromatic carbocycles. The lowest BCUT2D eigenvalue weighted by atomic mass is 9.99. The van der Waals surface area contributed by atoms with Crippen LogP contribution in [0.1, 0.15) is 18.7 Å². The summed E-state index contributed by atoms with van der Waals surface area (Å²) in [5.41, 5.74) is 2.27. The zero-order valence-electron chi connectivity index (χ0n) is 15.7. The Kier molecular flexibility index (Phi) is 4.54. The lowest BCUT2D eigenvalue weighted by Crippen LogP contribution is -2.37. The third-order valence-electron chi connectivity index (χ3n) is 5.67. The van der Waals surface area contributed by atoms with E-state index in [2.05, 4.69) is 48.7 Å². The van der Waals surface area contributed by atoms with Crippen LogP contribution >= 0.6 is 0 Å². The highest BCUT2D eigenvalue weighted by atomic mass is 16.2. The predicted molar refractivity (Wildman–Crippen MR) is 109 cm³/mol. The Morgan fingerprint density at radius 2 is 2.07 bits per heavy atom. The molecule has 1 amide bonds. The molecule has 0 bridgehead atoms. The van der Waals surface area contributed by atoms with Crippen LogP contribution in [-0.2, 0) is 17.9 Å². The van der Waals surface area contributed by atoms with Crippen molar-refractivity contribution in [3.63, 3.8) is 0 Å². The second-order valence-corrected chi connectivity index (χ2v) is 7.55. The van der Waals surface area contributed by atoms with Crippen LogP contribution in [0.3, 0.4) is 0 Å². The SMILES string of the molecule is O=C(Nc1cc2cc(-c3cnc4n3CCNC4)ccc2cn1)C1CCCNC1. The number of nitrogens with zero attached hydrogens (tertiary/aromatic N) is 3. The number of hydrogen-bond donors (Lipinski definition) is 3. The van der Waals surface area contributed by atoms with Crippen molar-refractivity contribution in [2.24, 2.45) is 5.92 Å². The summed E-state index contributed by atoms with van der Waals surface area (Å²) >= 11 is 0. The van der Waals surface area contributed by atoms with Gasteiger partial charge >= 0.3 is 0 Å². The maximum absolute atomic E-state index is 12.5. The molecule has 1 fully saturated rings. The van der Waals surface area contributed by atoms with Gasteiger partial charge in [-0.25, -0.2) is 9.97 Å². The predicted octanol–water partition coefficient (Wildman–Crippen LogP) is 2.14. The van der Waals surface area contributed by atoms with E-state index in [1.54, 1.807) is 0 Å². The van der Waals surface area contributed by atoms with Crippen LogP contribution in [0.5, 0.6) is 0 Å². The van der Waals surface area contributed by atoms with E-state index in [0.717, 1.165) is 73.4 Å². The first-order valence-corrected chi connectivity index (χ1v) is 9.95. The Hall–Kier alpha value is -2.77. The van der Waals surface area contributed by atoms with E-state index in [9.17, 15) is 4.79 Å². The number of aromatic nitrogens is 3. The molecular formula is C21H24N6O. The Morgan fingerprint density at radius 3 is 2.96 bits per heavy atom. The fourth-order valence-corrected chi connectivity index (χ4v) is 4.10. The number of carbonyl (C=O) groups is 1. The van der Waals surface area contributed by atoms with Gasteiger partial charge in [0.2, 0.25) is 5.91 Å². The summed E-state index contributed by atoms with van der Waals surface area (Å²) in [4.78, 5) is 21.5. The molecule has 7 nitrogen and oxygen atoms in total. The summed E-state index contributed by atoms with van der Waals surface area (Å²) in [6.45, 7) is 4.43. The molecule has 2 aliphatic heterocycles. The molecule has 2 aliphatic rings. The minimum atomic E-state index is 0.0181. The monoisotopic (exact) mass is 376 g/mol. The zero-order chi connectivity index (χ0) is 18.9. The first-order valence-electron chi connectivity index (χ1n) is 9.95. The number of anilines is 1. The molecule has 144 valence electrons. The third kappa shape index (κ3) is 3.27. The number of amides is 1. The molecular weight excluding hydrogens is 352 g/mol. The van der Waals surface area contributed by atoms with Crippen molar-refractivity contribution < 1.29 is 4.79 Å². The molecule has 0 saturated carbocycles. The van der Waals surface area contributed by atoms with Gasteiger partial charge in [-0.15, -0.1) is 0 Å². The van der Waals surface area contributed by atoms with Gasteiger partial charge in [0.25, 0.3) is 0 Å². The van der Waals surface area contributed by atoms with E-state index in [-0.39, 0.29) is 11.8 Å². The van der Waals surface area contributed by atoms with Gasteiger partial charge < -0.3 is 20.5 Å². The van der Waals surface area contributed by atoms with Crippen molar-refractivity contribution in [3.05, 3.63) is 42.5 Å². The highest BCUT2D eigenvalue weighted by Gasteiger charge is 2.21. The maximum atomic E-state index is 12.5. The van der Waals surface area contributed by atoms with E-state index >= 15 is 0 Å². The number of carbonyl (C=O) groups excluding carboxylic acids is 1. The van der Waals surface area contributed by atoms with Crippen LogP contribution in [0.15, 0.2) is 36.7 Å². The van der Waals surface area contributed by atoms with Crippen molar-refractivity contribution in [2.45, 2.75) is 25.9 Å². The first-order chi connectivity index (χ1) is 13.8. The Labute approximate surface area is 163 Å². The average Bonchev–Trinajstić information content (AvgIpc) is 3.18. The number of nitrogens with one attached hydrogen (secondary N) is 3. The van der Waals surface area contributed by atoms with Crippen molar-refractivity contribution in [2.75, 3.05) is 25.0 Å². The summed E-state index contributed by atoms with van der Waals surface area (Å²) in [5, 5.41) is 11.7.